The summed E-state index contributed by atoms with van der Waals surface area (Å²) >= 11 is 0. The average Bonchev–Trinajstić information content (AvgIpc) is 2.09. The summed E-state index contributed by atoms with van der Waals surface area (Å²) in [6.07, 6.45) is 1.95. The van der Waals surface area contributed by atoms with Crippen LogP contribution >= 0.6 is 0 Å². The van der Waals surface area contributed by atoms with Crippen LogP contribution in [-0.2, 0) is 4.74 Å². The molecule has 0 spiro atoms. The van der Waals surface area contributed by atoms with Gasteiger partial charge in [-0.15, -0.1) is 0 Å². The molecule has 2 aliphatic rings. The Morgan fingerprint density at radius 1 is 1.62 bits per heavy atom. The Bertz CT molecular complexity index is 101. The molecular formula is C6H12O2. The summed E-state index contributed by atoms with van der Waals surface area (Å²) in [4.78, 5) is 0. The molecule has 1 saturated heterocycles. The van der Waals surface area contributed by atoms with E-state index in [1.807, 2.05) is 0 Å². The minimum atomic E-state index is -0.639. The second-order valence-corrected chi connectivity index (χ2v) is 2.38. The maximum absolute atomic E-state index is 9.05. The van der Waals surface area contributed by atoms with Crippen molar-refractivity contribution in [1.82, 2.24) is 0 Å². The number of rotatable bonds is 0. The van der Waals surface area contributed by atoms with Crippen LogP contribution in [0.15, 0.2) is 0 Å². The van der Waals surface area contributed by atoms with Crippen molar-refractivity contribution in [3.05, 3.63) is 0 Å². The van der Waals surface area contributed by atoms with Gasteiger partial charge < -0.3 is 9.84 Å². The maximum atomic E-state index is 9.05. The highest BCUT2D eigenvalue weighted by molar-refractivity contribution is 4.99. The minimum Gasteiger partial charge on any atom is -0.365 e. The molecular weight excluding hydrogens is 104 g/mol. The van der Waals surface area contributed by atoms with Crippen LogP contribution in [0.1, 0.15) is 20.3 Å². The summed E-state index contributed by atoms with van der Waals surface area (Å²) in [5.74, 6) is -0.146. The van der Waals surface area contributed by atoms with Crippen LogP contribution < -0.4 is 0 Å². The van der Waals surface area contributed by atoms with Crippen LogP contribution in [0.3, 0.4) is 0 Å². The van der Waals surface area contributed by atoms with E-state index in [4.69, 9.17) is 9.84 Å². The molecule has 0 aromatic carbocycles. The summed E-state index contributed by atoms with van der Waals surface area (Å²) in [6.45, 7) is 0.765. The van der Waals surface area contributed by atoms with Gasteiger partial charge in [-0.1, -0.05) is 7.43 Å². The lowest BCUT2D eigenvalue weighted by atomic mass is 10.3. The number of hydrogen-bond donors (Lipinski definition) is 1. The van der Waals surface area contributed by atoms with Gasteiger partial charge in [0.25, 0.3) is 0 Å². The highest BCUT2D eigenvalue weighted by atomic mass is 16.6. The van der Waals surface area contributed by atoms with Crippen LogP contribution in [0, 0.1) is 5.92 Å². The minimum absolute atomic E-state index is 0. The van der Waals surface area contributed by atoms with Crippen LogP contribution in [0.4, 0.5) is 0 Å². The summed E-state index contributed by atoms with van der Waals surface area (Å²) in [7, 11) is 0. The van der Waals surface area contributed by atoms with E-state index in [0.29, 0.717) is 5.92 Å². The van der Waals surface area contributed by atoms with Crippen molar-refractivity contribution < 1.29 is 9.84 Å². The molecule has 1 N–H and O–H groups in total. The molecule has 0 amide bonds. The molecule has 0 bridgehead atoms. The summed E-state index contributed by atoms with van der Waals surface area (Å²) in [5, 5.41) is 9.05. The molecule has 8 heavy (non-hydrogen) atoms. The van der Waals surface area contributed by atoms with E-state index in [0.717, 1.165) is 19.4 Å². The van der Waals surface area contributed by atoms with Crippen LogP contribution in [0.2, 0.25) is 0 Å². The number of fused-ring (bicyclic) bond motifs is 1. The molecule has 0 aromatic heterocycles. The highest BCUT2D eigenvalue weighted by Gasteiger charge is 2.57. The zero-order chi connectivity index (χ0) is 4.91. The average molecular weight is 116 g/mol. The SMILES string of the molecule is C.OC12CC1CCO2. The Hall–Kier alpha value is -0.0800. The Morgan fingerprint density at radius 3 is 2.50 bits per heavy atom. The molecule has 2 heteroatoms. The Balaban J connectivity index is 0.000000320. The quantitative estimate of drug-likeness (QED) is 0.506. The molecule has 0 aromatic rings. The van der Waals surface area contributed by atoms with Gasteiger partial charge in [0.1, 0.15) is 0 Å². The van der Waals surface area contributed by atoms with Gasteiger partial charge in [0.15, 0.2) is 5.79 Å². The topological polar surface area (TPSA) is 29.5 Å². The van der Waals surface area contributed by atoms with E-state index in [2.05, 4.69) is 0 Å². The van der Waals surface area contributed by atoms with Gasteiger partial charge in [-0.25, -0.2) is 0 Å². The molecule has 0 radical (unpaired) electrons. The van der Waals surface area contributed by atoms with Gasteiger partial charge in [0.2, 0.25) is 0 Å². The zero-order valence-corrected chi connectivity index (χ0v) is 4.05. The first-order valence-electron chi connectivity index (χ1n) is 2.68. The molecule has 1 aliphatic carbocycles. The number of hydrogen-bond acceptors (Lipinski definition) is 2. The zero-order valence-electron chi connectivity index (χ0n) is 4.05. The van der Waals surface area contributed by atoms with Gasteiger partial charge in [0, 0.05) is 12.3 Å². The summed E-state index contributed by atoms with van der Waals surface area (Å²) in [6, 6.07) is 0. The molecule has 2 nitrogen and oxygen atoms in total. The summed E-state index contributed by atoms with van der Waals surface area (Å²) < 4.78 is 4.97. The highest BCUT2D eigenvalue weighted by Crippen LogP contribution is 2.51. The van der Waals surface area contributed by atoms with Gasteiger partial charge in [-0.2, -0.15) is 0 Å². The fourth-order valence-corrected chi connectivity index (χ4v) is 1.18. The van der Waals surface area contributed by atoms with Crippen LogP contribution in [0.25, 0.3) is 0 Å². The lowest BCUT2D eigenvalue weighted by Gasteiger charge is -1.99. The molecule has 2 unspecified atom stereocenters. The third-order valence-corrected chi connectivity index (χ3v) is 1.83. The number of aliphatic hydroxyl groups is 1. The fraction of sp³-hybridized carbons (Fsp3) is 1.00. The Kier molecular flexibility index (Phi) is 1.10. The molecule has 1 saturated carbocycles. The van der Waals surface area contributed by atoms with Gasteiger partial charge in [-0.05, 0) is 6.42 Å². The third-order valence-electron chi connectivity index (χ3n) is 1.83. The normalized spacial score (nSPS) is 49.9. The summed E-state index contributed by atoms with van der Waals surface area (Å²) in [5.41, 5.74) is 0. The predicted octanol–water partition coefficient (Wildman–Crippen LogP) is 0.751. The molecule has 2 rings (SSSR count). The van der Waals surface area contributed by atoms with Gasteiger partial charge >= 0.3 is 0 Å². The van der Waals surface area contributed by atoms with Crippen molar-refractivity contribution in [2.45, 2.75) is 26.1 Å². The van der Waals surface area contributed by atoms with E-state index in [9.17, 15) is 0 Å². The third kappa shape index (κ3) is 0.565. The lowest BCUT2D eigenvalue weighted by Crippen LogP contribution is -2.08. The van der Waals surface area contributed by atoms with E-state index in [1.165, 1.54) is 0 Å². The Morgan fingerprint density at radius 2 is 2.38 bits per heavy atom. The van der Waals surface area contributed by atoms with Gasteiger partial charge in [0.05, 0.1) is 6.61 Å². The molecule has 1 aliphatic heterocycles. The van der Waals surface area contributed by atoms with Crippen molar-refractivity contribution in [3.8, 4) is 0 Å². The number of ether oxygens (including phenoxy) is 1. The van der Waals surface area contributed by atoms with E-state index in [1.54, 1.807) is 0 Å². The van der Waals surface area contributed by atoms with Gasteiger partial charge in [-0.3, -0.25) is 0 Å². The second-order valence-electron chi connectivity index (χ2n) is 2.38. The van der Waals surface area contributed by atoms with Crippen molar-refractivity contribution >= 4 is 0 Å². The molecule has 2 atom stereocenters. The van der Waals surface area contributed by atoms with Crippen molar-refractivity contribution in [2.75, 3.05) is 6.61 Å². The fourth-order valence-electron chi connectivity index (χ4n) is 1.18. The van der Waals surface area contributed by atoms with Crippen molar-refractivity contribution in [2.24, 2.45) is 5.92 Å². The van der Waals surface area contributed by atoms with E-state index >= 15 is 0 Å². The smallest absolute Gasteiger partial charge is 0.168 e. The second kappa shape index (κ2) is 1.45. The Labute approximate surface area is 49.5 Å². The maximum Gasteiger partial charge on any atom is 0.168 e. The molecule has 1 heterocycles. The van der Waals surface area contributed by atoms with Crippen molar-refractivity contribution in [3.63, 3.8) is 0 Å². The first kappa shape index (κ1) is 6.05. The van der Waals surface area contributed by atoms with Crippen LogP contribution in [0.5, 0.6) is 0 Å². The molecule has 48 valence electrons. The monoisotopic (exact) mass is 116 g/mol. The van der Waals surface area contributed by atoms with E-state index in [-0.39, 0.29) is 7.43 Å². The van der Waals surface area contributed by atoms with E-state index < -0.39 is 5.79 Å². The largest absolute Gasteiger partial charge is 0.365 e. The first-order chi connectivity index (χ1) is 3.31. The lowest BCUT2D eigenvalue weighted by molar-refractivity contribution is -0.104. The first-order valence-corrected chi connectivity index (χ1v) is 2.68. The van der Waals surface area contributed by atoms with Crippen molar-refractivity contribution in [1.29, 1.82) is 0 Å². The standard InChI is InChI=1S/C5H8O2.CH4/c6-5-3-4(5)1-2-7-5;/h4,6H,1-3H2;1H4. The predicted molar refractivity (Wildman–Crippen MR) is 30.4 cm³/mol. The molecule has 2 fully saturated rings. The van der Waals surface area contributed by atoms with Crippen LogP contribution in [-0.4, -0.2) is 17.5 Å².